The fourth-order valence-electron chi connectivity index (χ4n) is 1.21. The van der Waals surface area contributed by atoms with Crippen molar-refractivity contribution in [1.82, 2.24) is 5.32 Å². The molecule has 0 spiro atoms. The zero-order chi connectivity index (χ0) is 8.48. The molecular formula is C6H10F3NO. The van der Waals surface area contributed by atoms with Crippen molar-refractivity contribution in [3.8, 4) is 0 Å². The summed E-state index contributed by atoms with van der Waals surface area (Å²) in [7, 11) is 0. The molecule has 1 fully saturated rings. The van der Waals surface area contributed by atoms with Crippen LogP contribution in [0.15, 0.2) is 0 Å². The normalized spacial score (nSPS) is 28.9. The van der Waals surface area contributed by atoms with Crippen molar-refractivity contribution >= 4 is 0 Å². The molecule has 2 atom stereocenters. The molecule has 0 radical (unpaired) electrons. The van der Waals surface area contributed by atoms with Crippen LogP contribution in [0.25, 0.3) is 0 Å². The van der Waals surface area contributed by atoms with Gasteiger partial charge in [0.15, 0.2) is 6.10 Å². The first-order valence-electron chi connectivity index (χ1n) is 3.47. The van der Waals surface area contributed by atoms with Crippen LogP contribution in [0.5, 0.6) is 0 Å². The van der Waals surface area contributed by atoms with Crippen LogP contribution >= 0.6 is 0 Å². The van der Waals surface area contributed by atoms with E-state index in [2.05, 4.69) is 5.32 Å². The summed E-state index contributed by atoms with van der Waals surface area (Å²) in [6.45, 7) is 0.832. The molecule has 1 aliphatic heterocycles. The van der Waals surface area contributed by atoms with Gasteiger partial charge < -0.3 is 10.4 Å². The maximum atomic E-state index is 11.8. The van der Waals surface area contributed by atoms with E-state index in [-0.39, 0.29) is 6.54 Å². The van der Waals surface area contributed by atoms with E-state index in [0.717, 1.165) is 0 Å². The van der Waals surface area contributed by atoms with E-state index in [1.54, 1.807) is 0 Å². The number of aliphatic hydroxyl groups is 1. The second kappa shape index (κ2) is 2.98. The van der Waals surface area contributed by atoms with Crippen LogP contribution < -0.4 is 5.32 Å². The van der Waals surface area contributed by atoms with Crippen molar-refractivity contribution in [3.05, 3.63) is 0 Å². The molecule has 5 heteroatoms. The van der Waals surface area contributed by atoms with Gasteiger partial charge in [0.05, 0.1) is 0 Å². The Balaban J connectivity index is 2.46. The second-order valence-corrected chi connectivity index (χ2v) is 2.74. The van der Waals surface area contributed by atoms with Gasteiger partial charge in [0, 0.05) is 12.5 Å². The lowest BCUT2D eigenvalue weighted by Gasteiger charge is -2.19. The minimum Gasteiger partial charge on any atom is -0.383 e. The van der Waals surface area contributed by atoms with Crippen LogP contribution in [0.4, 0.5) is 13.2 Å². The predicted octanol–water partition coefficient (Wildman–Crippen LogP) is 0.519. The third-order valence-electron chi connectivity index (χ3n) is 1.88. The molecule has 0 amide bonds. The topological polar surface area (TPSA) is 32.3 Å². The Labute approximate surface area is 62.4 Å². The smallest absolute Gasteiger partial charge is 0.383 e. The van der Waals surface area contributed by atoms with Gasteiger partial charge in [-0.2, -0.15) is 13.2 Å². The van der Waals surface area contributed by atoms with E-state index in [9.17, 15) is 13.2 Å². The maximum Gasteiger partial charge on any atom is 0.414 e. The van der Waals surface area contributed by atoms with Crippen molar-refractivity contribution in [2.45, 2.75) is 18.7 Å². The van der Waals surface area contributed by atoms with Gasteiger partial charge in [-0.1, -0.05) is 0 Å². The molecule has 0 aromatic carbocycles. The van der Waals surface area contributed by atoms with E-state index in [1.807, 2.05) is 0 Å². The highest BCUT2D eigenvalue weighted by molar-refractivity contribution is 4.81. The Morgan fingerprint density at radius 1 is 1.45 bits per heavy atom. The monoisotopic (exact) mass is 169 g/mol. The molecule has 2 nitrogen and oxygen atoms in total. The van der Waals surface area contributed by atoms with Crippen LogP contribution in [0.3, 0.4) is 0 Å². The molecule has 0 saturated carbocycles. The minimum atomic E-state index is -4.46. The number of hydrogen-bond donors (Lipinski definition) is 2. The Morgan fingerprint density at radius 2 is 2.09 bits per heavy atom. The van der Waals surface area contributed by atoms with Gasteiger partial charge >= 0.3 is 6.18 Å². The number of hydrogen-bond acceptors (Lipinski definition) is 2. The average Bonchev–Trinajstić information content (AvgIpc) is 2.34. The van der Waals surface area contributed by atoms with Gasteiger partial charge in [-0.25, -0.2) is 0 Å². The molecule has 11 heavy (non-hydrogen) atoms. The summed E-state index contributed by atoms with van der Waals surface area (Å²) in [5, 5.41) is 11.5. The second-order valence-electron chi connectivity index (χ2n) is 2.74. The lowest BCUT2D eigenvalue weighted by Crippen LogP contribution is -2.36. The molecule has 2 N–H and O–H groups in total. The number of rotatable bonds is 1. The number of nitrogens with one attached hydrogen (secondary N) is 1. The molecule has 1 heterocycles. The first-order chi connectivity index (χ1) is 5.02. The minimum absolute atomic E-state index is 0.265. The van der Waals surface area contributed by atoms with Gasteiger partial charge in [-0.15, -0.1) is 0 Å². The van der Waals surface area contributed by atoms with E-state index in [0.29, 0.717) is 13.0 Å². The van der Waals surface area contributed by atoms with E-state index in [4.69, 9.17) is 5.11 Å². The van der Waals surface area contributed by atoms with Gasteiger partial charge in [0.25, 0.3) is 0 Å². The highest BCUT2D eigenvalue weighted by Crippen LogP contribution is 2.28. The first kappa shape index (κ1) is 8.80. The van der Waals surface area contributed by atoms with Crippen molar-refractivity contribution in [2.75, 3.05) is 13.1 Å². The Bertz CT molecular complexity index is 130. The fraction of sp³-hybridized carbons (Fsp3) is 1.00. The highest BCUT2D eigenvalue weighted by Gasteiger charge is 2.43. The van der Waals surface area contributed by atoms with E-state index < -0.39 is 18.2 Å². The molecule has 1 rings (SSSR count). The van der Waals surface area contributed by atoms with E-state index in [1.165, 1.54) is 0 Å². The molecule has 0 aromatic heterocycles. The summed E-state index contributed by atoms with van der Waals surface area (Å²) in [5.41, 5.74) is 0. The summed E-state index contributed by atoms with van der Waals surface area (Å²) >= 11 is 0. The third kappa shape index (κ3) is 2.07. The van der Waals surface area contributed by atoms with Crippen molar-refractivity contribution in [1.29, 1.82) is 0 Å². The number of aliphatic hydroxyl groups excluding tert-OH is 1. The molecule has 1 aliphatic rings. The Hall–Kier alpha value is -0.290. The number of alkyl halides is 3. The molecule has 66 valence electrons. The molecule has 0 unspecified atom stereocenters. The van der Waals surface area contributed by atoms with E-state index >= 15 is 0 Å². The SMILES string of the molecule is O[C@@H]([C@@H]1CCNC1)C(F)(F)F. The largest absolute Gasteiger partial charge is 0.414 e. The summed E-state index contributed by atoms with van der Waals surface area (Å²) in [6.07, 6.45) is -6.21. The van der Waals surface area contributed by atoms with Crippen LogP contribution in [0.1, 0.15) is 6.42 Å². The van der Waals surface area contributed by atoms with Crippen LogP contribution in [0.2, 0.25) is 0 Å². The van der Waals surface area contributed by atoms with Crippen molar-refractivity contribution in [2.24, 2.45) is 5.92 Å². The van der Waals surface area contributed by atoms with Crippen LogP contribution in [-0.4, -0.2) is 30.5 Å². The lowest BCUT2D eigenvalue weighted by atomic mass is 10.0. The van der Waals surface area contributed by atoms with Crippen molar-refractivity contribution in [3.63, 3.8) is 0 Å². The lowest BCUT2D eigenvalue weighted by molar-refractivity contribution is -0.217. The standard InChI is InChI=1S/C6H10F3NO/c7-6(8,9)5(11)4-1-2-10-3-4/h4-5,10-11H,1-3H2/t4-,5+/m1/s1. The Kier molecular flexibility index (Phi) is 2.39. The van der Waals surface area contributed by atoms with Gasteiger partial charge in [0.1, 0.15) is 0 Å². The number of halogens is 3. The van der Waals surface area contributed by atoms with Crippen LogP contribution in [-0.2, 0) is 0 Å². The molecule has 0 aliphatic carbocycles. The zero-order valence-corrected chi connectivity index (χ0v) is 5.86. The summed E-state index contributed by atoms with van der Waals surface area (Å²) in [4.78, 5) is 0. The molecule has 0 aromatic rings. The zero-order valence-electron chi connectivity index (χ0n) is 5.86. The first-order valence-corrected chi connectivity index (χ1v) is 3.47. The molecular weight excluding hydrogens is 159 g/mol. The molecule has 0 bridgehead atoms. The van der Waals surface area contributed by atoms with Crippen LogP contribution in [0, 0.1) is 5.92 Å². The maximum absolute atomic E-state index is 11.8. The van der Waals surface area contributed by atoms with Gasteiger partial charge in [-0.3, -0.25) is 0 Å². The molecule has 1 saturated heterocycles. The quantitative estimate of drug-likeness (QED) is 0.599. The van der Waals surface area contributed by atoms with Gasteiger partial charge in [0.2, 0.25) is 0 Å². The average molecular weight is 169 g/mol. The van der Waals surface area contributed by atoms with Gasteiger partial charge in [-0.05, 0) is 13.0 Å². The Morgan fingerprint density at radius 3 is 2.45 bits per heavy atom. The predicted molar refractivity (Wildman–Crippen MR) is 33.0 cm³/mol. The summed E-state index contributed by atoms with van der Waals surface area (Å²) < 4.78 is 35.5. The summed E-state index contributed by atoms with van der Waals surface area (Å²) in [5.74, 6) is -0.657. The fourth-order valence-corrected chi connectivity index (χ4v) is 1.21. The summed E-state index contributed by atoms with van der Waals surface area (Å²) in [6, 6.07) is 0. The third-order valence-corrected chi connectivity index (χ3v) is 1.88. The highest BCUT2D eigenvalue weighted by atomic mass is 19.4. The van der Waals surface area contributed by atoms with Crippen molar-refractivity contribution < 1.29 is 18.3 Å².